The number of amidine groups is 1. The molecule has 5 aromatic rings. The molecule has 0 aliphatic carbocycles. The van der Waals surface area contributed by atoms with Crippen molar-refractivity contribution in [3.8, 4) is 0 Å². The lowest BCUT2D eigenvalue weighted by molar-refractivity contribution is 0.793. The first kappa shape index (κ1) is 24.2. The highest BCUT2D eigenvalue weighted by Gasteiger charge is 2.18. The number of nitrogens with zero attached hydrogens (tertiary/aromatic N) is 3. The van der Waals surface area contributed by atoms with Crippen molar-refractivity contribution in [3.05, 3.63) is 137 Å². The highest BCUT2D eigenvalue weighted by Crippen LogP contribution is 2.32. The van der Waals surface area contributed by atoms with Crippen LogP contribution >= 0.6 is 0 Å². The molecule has 1 aliphatic rings. The topological polar surface area (TPSA) is 42.2 Å². The maximum Gasteiger partial charge on any atom is 0.101 e. The molecule has 0 fully saturated rings. The van der Waals surface area contributed by atoms with E-state index in [4.69, 9.17) is 4.98 Å². The fraction of sp³-hybridized carbons (Fsp3) is 0.235. The zero-order valence-electron chi connectivity index (χ0n) is 22.2. The predicted octanol–water partition coefficient (Wildman–Crippen LogP) is 6.68. The van der Waals surface area contributed by atoms with E-state index in [1.165, 1.54) is 44.2 Å². The SMILES string of the molecule is Cc1cccc(C(C)c2cn(Cc3ccccc3)cn2)c1Cc1ccc(CC2=NCCN2)c2ccccc12. The third-order valence-electron chi connectivity index (χ3n) is 7.79. The summed E-state index contributed by atoms with van der Waals surface area (Å²) in [6, 6.07) is 30.7. The van der Waals surface area contributed by atoms with E-state index in [1.54, 1.807) is 0 Å². The van der Waals surface area contributed by atoms with E-state index in [-0.39, 0.29) is 5.92 Å². The predicted molar refractivity (Wildman–Crippen MR) is 157 cm³/mol. The Morgan fingerprint density at radius 3 is 2.32 bits per heavy atom. The molecular weight excluding hydrogens is 464 g/mol. The highest BCUT2D eigenvalue weighted by atomic mass is 15.1. The van der Waals surface area contributed by atoms with Gasteiger partial charge in [-0.25, -0.2) is 4.98 Å². The van der Waals surface area contributed by atoms with Crippen LogP contribution in [0.2, 0.25) is 0 Å². The van der Waals surface area contributed by atoms with Gasteiger partial charge in [0, 0.05) is 31.6 Å². The van der Waals surface area contributed by atoms with Crippen LogP contribution in [0.5, 0.6) is 0 Å². The van der Waals surface area contributed by atoms with Gasteiger partial charge in [0.1, 0.15) is 5.84 Å². The summed E-state index contributed by atoms with van der Waals surface area (Å²) < 4.78 is 2.19. The van der Waals surface area contributed by atoms with Gasteiger partial charge in [-0.15, -0.1) is 0 Å². The molecule has 2 heterocycles. The fourth-order valence-electron chi connectivity index (χ4n) is 5.68. The minimum Gasteiger partial charge on any atom is -0.372 e. The molecule has 4 nitrogen and oxygen atoms in total. The number of nitrogens with one attached hydrogen (secondary N) is 1. The monoisotopic (exact) mass is 498 g/mol. The Labute approximate surface area is 225 Å². The van der Waals surface area contributed by atoms with Crippen LogP contribution in [0.4, 0.5) is 0 Å². The lowest BCUT2D eigenvalue weighted by atomic mass is 9.86. The Morgan fingerprint density at radius 1 is 0.842 bits per heavy atom. The number of rotatable bonds is 8. The molecule has 6 rings (SSSR count). The molecule has 4 aromatic carbocycles. The van der Waals surface area contributed by atoms with Crippen LogP contribution < -0.4 is 5.32 Å². The molecule has 1 aromatic heterocycles. The molecule has 1 aliphatic heterocycles. The first-order valence-electron chi connectivity index (χ1n) is 13.6. The Morgan fingerprint density at radius 2 is 1.58 bits per heavy atom. The maximum absolute atomic E-state index is 4.82. The Bertz CT molecular complexity index is 1600. The lowest BCUT2D eigenvalue weighted by Crippen LogP contribution is -2.20. The molecular formula is C34H34N4. The van der Waals surface area contributed by atoms with Crippen molar-refractivity contribution < 1.29 is 0 Å². The van der Waals surface area contributed by atoms with Crippen LogP contribution in [0.15, 0.2) is 102 Å². The minimum absolute atomic E-state index is 0.207. The zero-order valence-corrected chi connectivity index (χ0v) is 22.2. The van der Waals surface area contributed by atoms with Gasteiger partial charge >= 0.3 is 0 Å². The number of fused-ring (bicyclic) bond motifs is 1. The van der Waals surface area contributed by atoms with Crippen molar-refractivity contribution in [2.24, 2.45) is 4.99 Å². The molecule has 0 bridgehead atoms. The van der Waals surface area contributed by atoms with Crippen LogP contribution in [0.3, 0.4) is 0 Å². The summed E-state index contributed by atoms with van der Waals surface area (Å²) in [6.45, 7) is 7.18. The maximum atomic E-state index is 4.82. The van der Waals surface area contributed by atoms with Crippen molar-refractivity contribution in [3.63, 3.8) is 0 Å². The quantitative estimate of drug-likeness (QED) is 0.259. The standard InChI is InChI=1S/C34H34N4/c1-24-9-8-14-29(25(2)33-22-38(23-37-33)21-26-10-4-3-5-11-26)32(24)19-27-15-16-28(20-34-35-17-18-36-34)31-13-7-6-12-30(27)31/h3-16,22-23,25H,17-21H2,1-2H3,(H,35,36). The molecule has 0 spiro atoms. The summed E-state index contributed by atoms with van der Waals surface area (Å²) in [5, 5.41) is 6.08. The number of benzene rings is 4. The van der Waals surface area contributed by atoms with Crippen LogP contribution in [0, 0.1) is 6.92 Å². The average molecular weight is 499 g/mol. The van der Waals surface area contributed by atoms with E-state index in [9.17, 15) is 0 Å². The Kier molecular flexibility index (Phi) is 6.78. The van der Waals surface area contributed by atoms with Crippen molar-refractivity contribution in [1.82, 2.24) is 14.9 Å². The molecule has 1 N–H and O–H groups in total. The molecule has 190 valence electrons. The van der Waals surface area contributed by atoms with Gasteiger partial charge in [-0.2, -0.15) is 0 Å². The fourth-order valence-corrected chi connectivity index (χ4v) is 5.68. The molecule has 1 unspecified atom stereocenters. The van der Waals surface area contributed by atoms with E-state index in [2.05, 4.69) is 120 Å². The third kappa shape index (κ3) is 4.99. The van der Waals surface area contributed by atoms with Gasteiger partial charge in [-0.3, -0.25) is 4.99 Å². The average Bonchev–Trinajstić information content (AvgIpc) is 3.64. The van der Waals surface area contributed by atoms with Crippen molar-refractivity contribution in [2.45, 2.75) is 39.2 Å². The van der Waals surface area contributed by atoms with Crippen LogP contribution in [-0.2, 0) is 19.4 Å². The van der Waals surface area contributed by atoms with Gasteiger partial charge in [-0.1, -0.05) is 91.9 Å². The first-order valence-corrected chi connectivity index (χ1v) is 13.6. The van der Waals surface area contributed by atoms with Gasteiger partial charge in [0.15, 0.2) is 0 Å². The van der Waals surface area contributed by atoms with Crippen molar-refractivity contribution in [1.29, 1.82) is 0 Å². The second-order valence-corrected chi connectivity index (χ2v) is 10.4. The minimum atomic E-state index is 0.207. The molecule has 0 saturated carbocycles. The van der Waals surface area contributed by atoms with Crippen LogP contribution in [0.1, 0.15) is 51.9 Å². The number of aryl methyl sites for hydroxylation is 1. The second kappa shape index (κ2) is 10.7. The lowest BCUT2D eigenvalue weighted by Gasteiger charge is -2.19. The number of imidazole rings is 1. The van der Waals surface area contributed by atoms with Crippen LogP contribution in [0.25, 0.3) is 10.8 Å². The van der Waals surface area contributed by atoms with Crippen LogP contribution in [-0.4, -0.2) is 28.5 Å². The Hall–Kier alpha value is -4.18. The summed E-state index contributed by atoms with van der Waals surface area (Å²) >= 11 is 0. The first-order chi connectivity index (χ1) is 18.7. The summed E-state index contributed by atoms with van der Waals surface area (Å²) in [4.78, 5) is 9.44. The summed E-state index contributed by atoms with van der Waals surface area (Å²) in [7, 11) is 0. The molecule has 1 atom stereocenters. The normalized spacial score (nSPS) is 13.9. The van der Waals surface area contributed by atoms with Gasteiger partial charge in [0.25, 0.3) is 0 Å². The highest BCUT2D eigenvalue weighted by molar-refractivity contribution is 5.94. The summed E-state index contributed by atoms with van der Waals surface area (Å²) in [5.41, 5.74) is 9.17. The number of hydrogen-bond acceptors (Lipinski definition) is 3. The molecule has 0 saturated heterocycles. The van der Waals surface area contributed by atoms with Gasteiger partial charge in [0.05, 0.1) is 18.6 Å². The third-order valence-corrected chi connectivity index (χ3v) is 7.79. The largest absolute Gasteiger partial charge is 0.372 e. The number of aromatic nitrogens is 2. The van der Waals surface area contributed by atoms with E-state index in [1.807, 2.05) is 6.33 Å². The van der Waals surface area contributed by atoms with E-state index in [0.717, 1.165) is 44.0 Å². The van der Waals surface area contributed by atoms with E-state index in [0.29, 0.717) is 0 Å². The smallest absolute Gasteiger partial charge is 0.101 e. The number of aliphatic imine (C=N–C) groups is 1. The zero-order chi connectivity index (χ0) is 25.9. The summed E-state index contributed by atoms with van der Waals surface area (Å²) in [5.74, 6) is 1.31. The number of hydrogen-bond donors (Lipinski definition) is 1. The molecule has 0 radical (unpaired) electrons. The second-order valence-electron chi connectivity index (χ2n) is 10.4. The van der Waals surface area contributed by atoms with Crippen molar-refractivity contribution >= 4 is 16.6 Å². The van der Waals surface area contributed by atoms with E-state index >= 15 is 0 Å². The molecule has 38 heavy (non-hydrogen) atoms. The Balaban J connectivity index is 1.31. The molecule has 4 heteroatoms. The van der Waals surface area contributed by atoms with Gasteiger partial charge < -0.3 is 9.88 Å². The summed E-state index contributed by atoms with van der Waals surface area (Å²) in [6.07, 6.45) is 5.92. The van der Waals surface area contributed by atoms with Crippen molar-refractivity contribution in [2.75, 3.05) is 13.1 Å². The molecule has 0 amide bonds. The van der Waals surface area contributed by atoms with E-state index < -0.39 is 0 Å². The van der Waals surface area contributed by atoms with Gasteiger partial charge in [0.2, 0.25) is 0 Å². The van der Waals surface area contributed by atoms with Gasteiger partial charge in [-0.05, 0) is 57.5 Å².